The summed E-state index contributed by atoms with van der Waals surface area (Å²) in [7, 11) is 0. The molecule has 2 aliphatic rings. The molecule has 2 heteroatoms. The molecule has 0 radical (unpaired) electrons. The summed E-state index contributed by atoms with van der Waals surface area (Å²) in [4.78, 5) is 4.99. The van der Waals surface area contributed by atoms with Crippen LogP contribution in [0.5, 0.6) is 0 Å². The number of fused-ring (bicyclic) bond motifs is 13. The lowest BCUT2D eigenvalue weighted by Gasteiger charge is -2.30. The van der Waals surface area contributed by atoms with E-state index in [4.69, 9.17) is 0 Å². The van der Waals surface area contributed by atoms with Gasteiger partial charge in [-0.3, -0.25) is 0 Å². The third-order valence-electron chi connectivity index (χ3n) is 16.6. The summed E-state index contributed by atoms with van der Waals surface area (Å²) in [5.74, 6) is 0. The smallest absolute Gasteiger partial charge is 0.0546 e. The first-order chi connectivity index (χ1) is 36.7. The highest BCUT2D eigenvalue weighted by atomic mass is 15.1. The minimum Gasteiger partial charge on any atom is -0.310 e. The lowest BCUT2D eigenvalue weighted by Crippen LogP contribution is -2.18. The van der Waals surface area contributed by atoms with Gasteiger partial charge in [-0.05, 0) is 173 Å². The molecule has 0 amide bonds. The Bertz CT molecular complexity index is 4300. The van der Waals surface area contributed by atoms with Crippen molar-refractivity contribution in [2.75, 3.05) is 9.80 Å². The molecule has 75 heavy (non-hydrogen) atoms. The number of rotatable bonds is 8. The van der Waals surface area contributed by atoms with Crippen molar-refractivity contribution < 1.29 is 0 Å². The first-order valence-corrected chi connectivity index (χ1v) is 26.4. The molecule has 0 aromatic heterocycles. The van der Waals surface area contributed by atoms with Crippen molar-refractivity contribution in [3.8, 4) is 22.3 Å². The Labute approximate surface area is 439 Å². The van der Waals surface area contributed by atoms with Gasteiger partial charge < -0.3 is 9.80 Å². The lowest BCUT2D eigenvalue weighted by atomic mass is 9.78. The quantitative estimate of drug-likeness (QED) is 0.140. The van der Waals surface area contributed by atoms with E-state index >= 15 is 0 Å². The van der Waals surface area contributed by atoms with Crippen molar-refractivity contribution >= 4 is 94.1 Å². The maximum atomic E-state index is 2.59. The van der Waals surface area contributed by atoms with Crippen LogP contribution in [0.2, 0.25) is 0 Å². The Kier molecular flexibility index (Phi) is 10.2. The Morgan fingerprint density at radius 3 is 1.09 bits per heavy atom. The van der Waals surface area contributed by atoms with E-state index in [1.807, 2.05) is 0 Å². The topological polar surface area (TPSA) is 6.48 Å². The van der Waals surface area contributed by atoms with E-state index in [1.54, 1.807) is 0 Å². The number of hydrogen-bond acceptors (Lipinski definition) is 2. The number of nitrogens with zero attached hydrogens (tertiary/aromatic N) is 2. The number of benzene rings is 12. The van der Waals surface area contributed by atoms with Gasteiger partial charge in [0.1, 0.15) is 0 Å². The Morgan fingerprint density at radius 2 is 0.680 bits per heavy atom. The van der Waals surface area contributed by atoms with Crippen LogP contribution in [0, 0.1) is 0 Å². The highest BCUT2D eigenvalue weighted by molar-refractivity contribution is 6.11. The van der Waals surface area contributed by atoms with Crippen LogP contribution >= 0.6 is 0 Å². The molecular formula is C73H56N2. The summed E-state index contributed by atoms with van der Waals surface area (Å²) < 4.78 is 0. The Balaban J connectivity index is 0.987. The standard InChI is InChI=1S/C73H56N2/c1-6-7-8-19-47-30-35-54(36-31-47)74(55-37-32-48-20-9-12-23-51(48)40-55)68-45-64-62-43-67-63(44-66(62)72(2,3)70(64)60-28-17-15-26-58(60)68)65-46-69(59-27-16-18-29-61(59)71(65)73(67,4)5)75(56-38-33-49-21-10-13-24-52(49)41-56)57-39-34-50-22-11-14-25-53(50)42-57/h6-46H,1-5H3/b7-6-,19-8-. The molecule has 12 aromatic carbocycles. The Morgan fingerprint density at radius 1 is 0.320 bits per heavy atom. The third-order valence-corrected chi connectivity index (χ3v) is 16.6. The van der Waals surface area contributed by atoms with E-state index in [1.165, 1.54) is 110 Å². The molecule has 0 fully saturated rings. The van der Waals surface area contributed by atoms with Crippen LogP contribution in [0.4, 0.5) is 34.1 Å². The van der Waals surface area contributed by atoms with Gasteiger partial charge in [0.25, 0.3) is 0 Å². The minimum atomic E-state index is -0.290. The molecule has 0 saturated heterocycles. The van der Waals surface area contributed by atoms with Crippen LogP contribution < -0.4 is 9.80 Å². The van der Waals surface area contributed by atoms with Gasteiger partial charge >= 0.3 is 0 Å². The molecule has 12 aromatic rings. The van der Waals surface area contributed by atoms with Crippen molar-refractivity contribution in [3.63, 3.8) is 0 Å². The molecule has 0 N–H and O–H groups in total. The van der Waals surface area contributed by atoms with Gasteiger partial charge in [0.05, 0.1) is 11.4 Å². The molecular weight excluding hydrogens is 905 g/mol. The molecule has 0 atom stereocenters. The molecule has 14 rings (SSSR count). The monoisotopic (exact) mass is 960 g/mol. The maximum Gasteiger partial charge on any atom is 0.0546 e. The largest absolute Gasteiger partial charge is 0.310 e. The van der Waals surface area contributed by atoms with Crippen molar-refractivity contribution in [1.29, 1.82) is 0 Å². The van der Waals surface area contributed by atoms with Crippen molar-refractivity contribution in [2.45, 2.75) is 45.4 Å². The first-order valence-electron chi connectivity index (χ1n) is 26.4. The zero-order valence-electron chi connectivity index (χ0n) is 43.1. The molecule has 0 bridgehead atoms. The maximum absolute atomic E-state index is 2.59. The average Bonchev–Trinajstić information content (AvgIpc) is 3.97. The first kappa shape index (κ1) is 44.7. The van der Waals surface area contributed by atoms with E-state index in [-0.39, 0.29) is 10.8 Å². The second-order valence-electron chi connectivity index (χ2n) is 21.7. The fourth-order valence-corrected chi connectivity index (χ4v) is 13.0. The van der Waals surface area contributed by atoms with Gasteiger partial charge in [0.2, 0.25) is 0 Å². The number of allylic oxidation sites excluding steroid dienone is 3. The van der Waals surface area contributed by atoms with Crippen molar-refractivity contribution in [1.82, 2.24) is 0 Å². The lowest BCUT2D eigenvalue weighted by molar-refractivity contribution is 0.657. The Hall–Kier alpha value is -8.98. The van der Waals surface area contributed by atoms with E-state index in [0.29, 0.717) is 0 Å². The zero-order valence-corrected chi connectivity index (χ0v) is 43.1. The second kappa shape index (κ2) is 17.0. The van der Waals surface area contributed by atoms with E-state index < -0.39 is 0 Å². The van der Waals surface area contributed by atoms with Crippen LogP contribution in [0.25, 0.3) is 82.2 Å². The highest BCUT2D eigenvalue weighted by Crippen LogP contribution is 2.61. The summed E-state index contributed by atoms with van der Waals surface area (Å²) in [6.45, 7) is 11.9. The summed E-state index contributed by atoms with van der Waals surface area (Å²) in [5, 5.41) is 12.4. The van der Waals surface area contributed by atoms with Crippen molar-refractivity contribution in [2.24, 2.45) is 0 Å². The van der Waals surface area contributed by atoms with E-state index in [2.05, 4.69) is 293 Å². The normalized spacial score (nSPS) is 14.0. The van der Waals surface area contributed by atoms with Gasteiger partial charge in [-0.25, -0.2) is 0 Å². The zero-order chi connectivity index (χ0) is 50.6. The molecule has 0 spiro atoms. The molecule has 0 heterocycles. The fraction of sp³-hybridized carbons (Fsp3) is 0.0959. The van der Waals surface area contributed by atoms with Gasteiger partial charge in [-0.15, -0.1) is 0 Å². The predicted octanol–water partition coefficient (Wildman–Crippen LogP) is 20.6. The van der Waals surface area contributed by atoms with Gasteiger partial charge in [-0.1, -0.05) is 204 Å². The van der Waals surface area contributed by atoms with Crippen LogP contribution in [0.1, 0.15) is 62.4 Å². The van der Waals surface area contributed by atoms with Crippen LogP contribution in [0.3, 0.4) is 0 Å². The number of anilines is 6. The summed E-state index contributed by atoms with van der Waals surface area (Å²) >= 11 is 0. The number of hydrogen-bond donors (Lipinski definition) is 0. The van der Waals surface area contributed by atoms with E-state index in [9.17, 15) is 0 Å². The fourth-order valence-electron chi connectivity index (χ4n) is 13.0. The SMILES string of the molecule is C/C=C\C=C/c1ccc(N(c2ccc3ccccc3c2)c2cc3c(c4ccccc24)C(C)(C)c2cc4c(cc2-3)C(C)(C)c2c-4cc(N(c3ccc4ccccc4c3)c3ccc4ccccc4c3)c3ccccc23)cc1. The van der Waals surface area contributed by atoms with Crippen LogP contribution in [0.15, 0.2) is 243 Å². The average molecular weight is 961 g/mol. The molecule has 358 valence electrons. The molecule has 0 aliphatic heterocycles. The summed E-state index contributed by atoms with van der Waals surface area (Å²) in [6, 6.07) is 84.3. The minimum absolute atomic E-state index is 0.290. The summed E-state index contributed by atoms with van der Waals surface area (Å²) in [5.41, 5.74) is 18.2. The van der Waals surface area contributed by atoms with Crippen LogP contribution in [-0.2, 0) is 10.8 Å². The van der Waals surface area contributed by atoms with Gasteiger partial charge in [0, 0.05) is 44.4 Å². The summed E-state index contributed by atoms with van der Waals surface area (Å²) in [6.07, 6.45) is 8.41. The molecule has 2 nitrogen and oxygen atoms in total. The molecule has 2 aliphatic carbocycles. The third kappa shape index (κ3) is 7.00. The van der Waals surface area contributed by atoms with Gasteiger partial charge in [-0.2, -0.15) is 0 Å². The predicted molar refractivity (Wildman–Crippen MR) is 322 cm³/mol. The van der Waals surface area contributed by atoms with E-state index in [0.717, 1.165) is 28.3 Å². The van der Waals surface area contributed by atoms with Crippen molar-refractivity contribution in [3.05, 3.63) is 271 Å². The highest BCUT2D eigenvalue weighted by Gasteiger charge is 2.44. The van der Waals surface area contributed by atoms with Gasteiger partial charge in [0.15, 0.2) is 0 Å². The second-order valence-corrected chi connectivity index (χ2v) is 21.7. The molecule has 0 unspecified atom stereocenters. The molecule has 0 saturated carbocycles. The van der Waals surface area contributed by atoms with Crippen LogP contribution in [-0.4, -0.2) is 0 Å².